The highest BCUT2D eigenvalue weighted by Gasteiger charge is 2.24. The van der Waals surface area contributed by atoms with Crippen LogP contribution in [-0.2, 0) is 4.74 Å². The van der Waals surface area contributed by atoms with Gasteiger partial charge >= 0.3 is 6.18 Å². The first kappa shape index (κ1) is 12.6. The summed E-state index contributed by atoms with van der Waals surface area (Å²) in [5.74, 6) is 0. The maximum Gasteiger partial charge on any atom is 0.392 e. The lowest BCUT2D eigenvalue weighted by molar-refractivity contribution is -0.125. The molecule has 4 heteroatoms. The zero-order valence-electron chi connectivity index (χ0n) is 8.72. The van der Waals surface area contributed by atoms with E-state index in [4.69, 9.17) is 4.74 Å². The lowest BCUT2D eigenvalue weighted by Crippen LogP contribution is -2.03. The molecule has 0 aromatic heterocycles. The minimum Gasteiger partial charge on any atom is -0.373 e. The molecule has 1 saturated heterocycles. The number of hydrogen-bond donors (Lipinski definition) is 0. The summed E-state index contributed by atoms with van der Waals surface area (Å²) in [5.41, 5.74) is 0. The molecule has 0 aromatic rings. The van der Waals surface area contributed by atoms with Gasteiger partial charge < -0.3 is 4.74 Å². The van der Waals surface area contributed by atoms with E-state index in [0.29, 0.717) is 6.10 Å². The van der Waals surface area contributed by atoms with Gasteiger partial charge in [0.05, 0.1) is 19.1 Å². The molecule has 0 amide bonds. The third-order valence-corrected chi connectivity index (χ3v) is 2.32. The van der Waals surface area contributed by atoms with Crippen molar-refractivity contribution >= 4 is 0 Å². The van der Waals surface area contributed by atoms with Crippen LogP contribution in [0.2, 0.25) is 0 Å². The van der Waals surface area contributed by atoms with Gasteiger partial charge in [-0.2, -0.15) is 13.2 Å². The summed E-state index contributed by atoms with van der Waals surface area (Å²) in [7, 11) is 0. The average molecular weight is 222 g/mol. The van der Waals surface area contributed by atoms with Crippen molar-refractivity contribution < 1.29 is 17.9 Å². The highest BCUT2D eigenvalue weighted by atomic mass is 19.4. The molecule has 88 valence electrons. The minimum absolute atomic E-state index is 0.478. The number of allylic oxidation sites excluding steroid dienone is 2. The first-order valence-electron chi connectivity index (χ1n) is 5.41. The number of unbranched alkanes of at least 4 members (excludes halogenated alkanes) is 3. The van der Waals surface area contributed by atoms with Gasteiger partial charge in [0.25, 0.3) is 0 Å². The molecule has 1 aliphatic heterocycles. The molecule has 1 fully saturated rings. The van der Waals surface area contributed by atoms with E-state index in [1.807, 2.05) is 0 Å². The Labute approximate surface area is 88.3 Å². The van der Waals surface area contributed by atoms with Gasteiger partial charge in [-0.1, -0.05) is 25.0 Å². The highest BCUT2D eigenvalue weighted by molar-refractivity contribution is 4.83. The van der Waals surface area contributed by atoms with Crippen LogP contribution in [0.3, 0.4) is 0 Å². The largest absolute Gasteiger partial charge is 0.392 e. The quantitative estimate of drug-likeness (QED) is 0.362. The molecule has 1 heterocycles. The van der Waals surface area contributed by atoms with E-state index < -0.39 is 12.6 Å². The molecule has 0 saturated carbocycles. The van der Waals surface area contributed by atoms with Crippen LogP contribution in [0.25, 0.3) is 0 Å². The predicted octanol–water partition coefficient (Wildman–Crippen LogP) is 3.84. The van der Waals surface area contributed by atoms with Crippen LogP contribution in [-0.4, -0.2) is 18.9 Å². The van der Waals surface area contributed by atoms with Crippen molar-refractivity contribution in [2.45, 2.75) is 50.8 Å². The van der Waals surface area contributed by atoms with E-state index in [1.54, 1.807) is 6.08 Å². The van der Waals surface area contributed by atoms with Gasteiger partial charge in [-0.05, 0) is 19.3 Å². The Morgan fingerprint density at radius 3 is 2.47 bits per heavy atom. The first-order chi connectivity index (χ1) is 7.08. The second-order valence-electron chi connectivity index (χ2n) is 3.88. The normalized spacial score (nSPS) is 21.1. The Hall–Kier alpha value is -0.510. The van der Waals surface area contributed by atoms with Crippen molar-refractivity contribution in [2.75, 3.05) is 6.61 Å². The molecule has 1 rings (SSSR count). The monoisotopic (exact) mass is 222 g/mol. The molecule has 1 aliphatic rings. The molecule has 15 heavy (non-hydrogen) atoms. The Morgan fingerprint density at radius 2 is 1.87 bits per heavy atom. The third kappa shape index (κ3) is 8.48. The maximum absolute atomic E-state index is 11.7. The van der Waals surface area contributed by atoms with Crippen molar-refractivity contribution in [1.29, 1.82) is 0 Å². The average Bonchev–Trinajstić information content (AvgIpc) is 2.91. The maximum atomic E-state index is 11.7. The van der Waals surface area contributed by atoms with Gasteiger partial charge in [-0.15, -0.1) is 0 Å². The molecule has 0 spiro atoms. The van der Waals surface area contributed by atoms with Crippen LogP contribution in [0.4, 0.5) is 13.2 Å². The van der Waals surface area contributed by atoms with E-state index in [2.05, 4.69) is 0 Å². The topological polar surface area (TPSA) is 12.5 Å². The van der Waals surface area contributed by atoms with Crippen molar-refractivity contribution in [3.8, 4) is 0 Å². The third-order valence-electron chi connectivity index (χ3n) is 2.32. The molecular formula is C11H17F3O. The molecule has 0 N–H and O–H groups in total. The molecule has 0 bridgehead atoms. The van der Waals surface area contributed by atoms with Crippen LogP contribution in [0, 0.1) is 0 Å². The smallest absolute Gasteiger partial charge is 0.373 e. The summed E-state index contributed by atoms with van der Waals surface area (Å²) >= 11 is 0. The van der Waals surface area contributed by atoms with Crippen LogP contribution < -0.4 is 0 Å². The molecule has 0 aromatic carbocycles. The Balaban J connectivity index is 1.82. The lowest BCUT2D eigenvalue weighted by atomic mass is 10.1. The minimum atomic E-state index is -4.06. The number of rotatable bonds is 7. The summed E-state index contributed by atoms with van der Waals surface area (Å²) < 4.78 is 40.2. The summed E-state index contributed by atoms with van der Waals surface area (Å²) in [6, 6.07) is 0. The number of hydrogen-bond acceptors (Lipinski definition) is 1. The highest BCUT2D eigenvalue weighted by Crippen LogP contribution is 2.20. The van der Waals surface area contributed by atoms with E-state index in [9.17, 15) is 13.2 Å². The van der Waals surface area contributed by atoms with Crippen molar-refractivity contribution in [1.82, 2.24) is 0 Å². The van der Waals surface area contributed by atoms with Crippen LogP contribution >= 0.6 is 0 Å². The van der Waals surface area contributed by atoms with Crippen molar-refractivity contribution in [3.63, 3.8) is 0 Å². The Bertz CT molecular complexity index is 194. The van der Waals surface area contributed by atoms with Crippen LogP contribution in [0.1, 0.15) is 38.5 Å². The molecule has 1 unspecified atom stereocenters. The molecule has 1 nitrogen and oxygen atoms in total. The molecule has 0 radical (unpaired) electrons. The van der Waals surface area contributed by atoms with Gasteiger partial charge in [0, 0.05) is 0 Å². The predicted molar refractivity (Wildman–Crippen MR) is 52.6 cm³/mol. The fourth-order valence-corrected chi connectivity index (χ4v) is 1.38. The number of ether oxygens (including phenoxy) is 1. The number of halogens is 3. The zero-order valence-corrected chi connectivity index (χ0v) is 8.72. The lowest BCUT2D eigenvalue weighted by Gasteiger charge is -2.00. The van der Waals surface area contributed by atoms with Gasteiger partial charge in [-0.3, -0.25) is 0 Å². The molecule has 0 aliphatic carbocycles. The fourth-order valence-electron chi connectivity index (χ4n) is 1.38. The SMILES string of the molecule is FC(F)(F)C/C=C/CCCCCC1CO1. The van der Waals surface area contributed by atoms with E-state index in [1.165, 1.54) is 6.08 Å². The second-order valence-corrected chi connectivity index (χ2v) is 3.88. The molecule has 1 atom stereocenters. The summed E-state index contributed by atoms with van der Waals surface area (Å²) in [6.07, 6.45) is 3.49. The summed E-state index contributed by atoms with van der Waals surface area (Å²) in [5, 5.41) is 0. The Kier molecular flexibility index (Phi) is 5.15. The van der Waals surface area contributed by atoms with Crippen LogP contribution in [0.15, 0.2) is 12.2 Å². The van der Waals surface area contributed by atoms with E-state index in [-0.39, 0.29) is 0 Å². The van der Waals surface area contributed by atoms with Gasteiger partial charge in [0.1, 0.15) is 0 Å². The number of alkyl halides is 3. The van der Waals surface area contributed by atoms with Crippen molar-refractivity contribution in [2.24, 2.45) is 0 Å². The standard InChI is InChI=1S/C11H17F3O/c12-11(13,14)8-6-4-2-1-3-5-7-10-9-15-10/h4,6,10H,1-3,5,7-9H2/b6-4+. The van der Waals surface area contributed by atoms with E-state index in [0.717, 1.165) is 38.7 Å². The zero-order chi connectivity index (χ0) is 11.1. The summed E-state index contributed by atoms with van der Waals surface area (Å²) in [4.78, 5) is 0. The van der Waals surface area contributed by atoms with Crippen molar-refractivity contribution in [3.05, 3.63) is 12.2 Å². The van der Waals surface area contributed by atoms with Gasteiger partial charge in [0.2, 0.25) is 0 Å². The Morgan fingerprint density at radius 1 is 1.13 bits per heavy atom. The fraction of sp³-hybridized carbons (Fsp3) is 0.818. The summed E-state index contributed by atoms with van der Waals surface area (Å²) in [6.45, 7) is 0.894. The molecular weight excluding hydrogens is 205 g/mol. The first-order valence-corrected chi connectivity index (χ1v) is 5.41. The van der Waals surface area contributed by atoms with Gasteiger partial charge in [-0.25, -0.2) is 0 Å². The number of epoxide rings is 1. The van der Waals surface area contributed by atoms with Crippen LogP contribution in [0.5, 0.6) is 0 Å². The van der Waals surface area contributed by atoms with Gasteiger partial charge in [0.15, 0.2) is 0 Å². The van der Waals surface area contributed by atoms with E-state index >= 15 is 0 Å². The second kappa shape index (κ2) is 6.16.